The third-order valence-electron chi connectivity index (χ3n) is 7.45. The summed E-state index contributed by atoms with van der Waals surface area (Å²) in [5, 5.41) is 9.05. The number of hydrazine groups is 1. The Bertz CT molecular complexity index is 1550. The second-order valence-corrected chi connectivity index (χ2v) is 11.3. The molecular formula is C35H36BrN3O5. The molecule has 1 aliphatic rings. The Labute approximate surface area is 266 Å². The molecule has 0 bridgehead atoms. The average Bonchev–Trinajstić information content (AvgIpc) is 3.45. The van der Waals surface area contributed by atoms with Crippen LogP contribution in [0.2, 0.25) is 0 Å². The molecule has 5 rings (SSSR count). The van der Waals surface area contributed by atoms with Gasteiger partial charge in [0.2, 0.25) is 5.90 Å². The van der Waals surface area contributed by atoms with Crippen LogP contribution in [0.1, 0.15) is 34.8 Å². The van der Waals surface area contributed by atoms with Crippen LogP contribution in [0.3, 0.4) is 0 Å². The van der Waals surface area contributed by atoms with Crippen LogP contribution in [0.4, 0.5) is 0 Å². The van der Waals surface area contributed by atoms with E-state index >= 15 is 0 Å². The summed E-state index contributed by atoms with van der Waals surface area (Å²) >= 11 is 3.67. The van der Waals surface area contributed by atoms with Crippen LogP contribution in [0, 0.1) is 0 Å². The number of nitrogens with zero attached hydrogens (tertiary/aromatic N) is 1. The fourth-order valence-corrected chi connectivity index (χ4v) is 5.52. The van der Waals surface area contributed by atoms with Crippen molar-refractivity contribution >= 4 is 27.7 Å². The number of hydrogen-bond donors (Lipinski definition) is 3. The first-order valence-electron chi connectivity index (χ1n) is 14.6. The number of carbonyl (C=O) groups is 1. The van der Waals surface area contributed by atoms with E-state index in [2.05, 4.69) is 26.8 Å². The first kappa shape index (κ1) is 31.3. The second-order valence-electron chi connectivity index (χ2n) is 10.4. The van der Waals surface area contributed by atoms with E-state index in [0.29, 0.717) is 44.1 Å². The van der Waals surface area contributed by atoms with Gasteiger partial charge in [-0.25, -0.2) is 10.4 Å². The van der Waals surface area contributed by atoms with Gasteiger partial charge >= 0.3 is 0 Å². The Morgan fingerprint density at radius 3 is 2.36 bits per heavy atom. The van der Waals surface area contributed by atoms with Crippen molar-refractivity contribution < 1.29 is 24.1 Å². The van der Waals surface area contributed by atoms with Gasteiger partial charge in [0.1, 0.15) is 11.5 Å². The molecule has 0 saturated heterocycles. The molecule has 44 heavy (non-hydrogen) atoms. The van der Waals surface area contributed by atoms with Crippen LogP contribution in [0.5, 0.6) is 11.5 Å². The molecule has 0 aromatic heterocycles. The lowest BCUT2D eigenvalue weighted by Crippen LogP contribution is -2.54. The maximum atomic E-state index is 14.3. The van der Waals surface area contributed by atoms with Crippen LogP contribution < -0.4 is 20.3 Å². The van der Waals surface area contributed by atoms with Crippen molar-refractivity contribution in [2.24, 2.45) is 4.99 Å². The summed E-state index contributed by atoms with van der Waals surface area (Å²) in [4.78, 5) is 19.4. The Balaban J connectivity index is 1.44. The molecule has 0 unspecified atom stereocenters. The fraction of sp³-hybridized carbons (Fsp3) is 0.257. The van der Waals surface area contributed by atoms with Crippen LogP contribution >= 0.6 is 15.9 Å². The summed E-state index contributed by atoms with van der Waals surface area (Å²) in [5.41, 5.74) is 8.38. The maximum Gasteiger partial charge on any atom is 0.266 e. The van der Waals surface area contributed by atoms with E-state index in [4.69, 9.17) is 24.3 Å². The highest BCUT2D eigenvalue weighted by Gasteiger charge is 2.53. The van der Waals surface area contributed by atoms with Gasteiger partial charge in [0, 0.05) is 36.0 Å². The second kappa shape index (κ2) is 15.0. The summed E-state index contributed by atoms with van der Waals surface area (Å²) < 4.78 is 18.4. The smallest absolute Gasteiger partial charge is 0.266 e. The lowest BCUT2D eigenvalue weighted by molar-refractivity contribution is -0.130. The zero-order valence-corrected chi connectivity index (χ0v) is 26.1. The molecule has 2 atom stereocenters. The molecule has 228 valence electrons. The van der Waals surface area contributed by atoms with Crippen LogP contribution in [0.15, 0.2) is 113 Å². The van der Waals surface area contributed by atoms with Crippen molar-refractivity contribution in [3.63, 3.8) is 0 Å². The topological polar surface area (TPSA) is 101 Å². The van der Waals surface area contributed by atoms with E-state index in [0.717, 1.165) is 32.5 Å². The zero-order valence-electron chi connectivity index (χ0n) is 24.5. The molecule has 1 aliphatic heterocycles. The molecule has 0 saturated carbocycles. The van der Waals surface area contributed by atoms with E-state index < -0.39 is 11.6 Å². The van der Waals surface area contributed by atoms with Crippen molar-refractivity contribution in [1.29, 1.82) is 0 Å². The Morgan fingerprint density at radius 2 is 1.66 bits per heavy atom. The van der Waals surface area contributed by atoms with E-state index in [-0.39, 0.29) is 12.5 Å². The predicted octanol–water partition coefficient (Wildman–Crippen LogP) is 5.58. The minimum absolute atomic E-state index is 0.0711. The molecule has 0 aliphatic carbocycles. The zero-order chi connectivity index (χ0) is 30.8. The Morgan fingerprint density at radius 1 is 0.955 bits per heavy atom. The van der Waals surface area contributed by atoms with Gasteiger partial charge in [0.15, 0.2) is 11.6 Å². The largest absolute Gasteiger partial charge is 0.497 e. The van der Waals surface area contributed by atoms with Gasteiger partial charge in [-0.3, -0.25) is 10.2 Å². The number of aliphatic hydroxyl groups is 1. The van der Waals surface area contributed by atoms with Crippen LogP contribution in [0.25, 0.3) is 0 Å². The van der Waals surface area contributed by atoms with E-state index in [1.807, 2.05) is 103 Å². The van der Waals surface area contributed by atoms with E-state index in [1.54, 1.807) is 7.11 Å². The van der Waals surface area contributed by atoms with Gasteiger partial charge < -0.3 is 19.3 Å². The van der Waals surface area contributed by atoms with Crippen molar-refractivity contribution in [2.75, 3.05) is 26.9 Å². The first-order valence-corrected chi connectivity index (χ1v) is 15.4. The van der Waals surface area contributed by atoms with Crippen molar-refractivity contribution in [1.82, 2.24) is 10.9 Å². The lowest BCUT2D eigenvalue weighted by Gasteiger charge is -2.31. The van der Waals surface area contributed by atoms with Crippen LogP contribution in [-0.2, 0) is 22.4 Å². The molecule has 4 aromatic rings. The molecule has 1 amide bonds. The summed E-state index contributed by atoms with van der Waals surface area (Å²) in [6.07, 6.45) is 0.874. The van der Waals surface area contributed by atoms with Crippen molar-refractivity contribution in [3.05, 3.63) is 130 Å². The van der Waals surface area contributed by atoms with Gasteiger partial charge in [0.05, 0.1) is 13.7 Å². The molecule has 1 heterocycles. The van der Waals surface area contributed by atoms with E-state index in [1.165, 1.54) is 0 Å². The molecule has 0 spiro atoms. The number of aliphatic hydroxyl groups excluding tert-OH is 1. The highest BCUT2D eigenvalue weighted by atomic mass is 79.9. The van der Waals surface area contributed by atoms with Gasteiger partial charge in [0.25, 0.3) is 5.91 Å². The molecule has 0 radical (unpaired) electrons. The van der Waals surface area contributed by atoms with E-state index in [9.17, 15) is 4.79 Å². The Kier molecular flexibility index (Phi) is 10.7. The normalized spacial score (nSPS) is 17.4. The molecule has 8 nitrogen and oxygen atoms in total. The number of amides is 1. The minimum atomic E-state index is -1.32. The van der Waals surface area contributed by atoms with Crippen molar-refractivity contribution in [3.8, 4) is 11.5 Å². The molecule has 9 heteroatoms. The molecule has 4 aromatic carbocycles. The van der Waals surface area contributed by atoms with Gasteiger partial charge in [-0.1, -0.05) is 76.6 Å². The third-order valence-corrected chi connectivity index (χ3v) is 8.22. The number of halogens is 1. The molecular weight excluding hydrogens is 622 g/mol. The van der Waals surface area contributed by atoms with Gasteiger partial charge in [-0.2, -0.15) is 0 Å². The molecule has 0 fully saturated rings. The number of benzene rings is 4. The quantitative estimate of drug-likeness (QED) is 0.121. The maximum absolute atomic E-state index is 14.3. The highest BCUT2D eigenvalue weighted by Crippen LogP contribution is 2.43. The summed E-state index contributed by atoms with van der Waals surface area (Å²) in [6.45, 7) is 1.01. The number of aliphatic imine (C=N–C) groups is 1. The first-order chi connectivity index (χ1) is 21.5. The summed E-state index contributed by atoms with van der Waals surface area (Å²) in [6, 6.07) is 32.8. The number of hydrogen-bond acceptors (Lipinski definition) is 7. The number of methoxy groups -OCH3 is 1. The number of nitrogens with one attached hydrogen (secondary N) is 2. The van der Waals surface area contributed by atoms with Gasteiger partial charge in [-0.15, -0.1) is 0 Å². The minimum Gasteiger partial charge on any atom is -0.497 e. The summed E-state index contributed by atoms with van der Waals surface area (Å²) in [7, 11) is 1.64. The van der Waals surface area contributed by atoms with Crippen LogP contribution in [-0.4, -0.2) is 49.3 Å². The SMILES string of the molecule is COc1ccc(CCNNC(=O)[C@@]2(Cc3ccccc3Br)N=C(c3ccc(OCCCO)cc3)O[C@H]2c2ccccc2)cc1. The number of carbonyl (C=O) groups excluding carboxylic acids is 1. The standard InChI is InChI=1S/C35H36BrN3O5/c1-42-29-16-12-25(13-17-29)20-21-37-39-34(41)35(24-28-10-5-6-11-31(28)36)32(26-8-3-2-4-9-26)44-33(38-35)27-14-18-30(19-15-27)43-23-7-22-40/h2-6,8-19,32,37,40H,7,20-24H2,1H3,(H,39,41)/t32-,35-/m0/s1. The Hall–Kier alpha value is -4.18. The highest BCUT2D eigenvalue weighted by molar-refractivity contribution is 9.10. The average molecular weight is 659 g/mol. The summed E-state index contributed by atoms with van der Waals surface area (Å²) in [5.74, 6) is 1.56. The molecule has 3 N–H and O–H groups in total. The third kappa shape index (κ3) is 7.48. The predicted molar refractivity (Wildman–Crippen MR) is 174 cm³/mol. The fourth-order valence-electron chi connectivity index (χ4n) is 5.09. The van der Waals surface area contributed by atoms with Gasteiger partial charge in [-0.05, 0) is 65.6 Å². The monoisotopic (exact) mass is 657 g/mol. The number of rotatable bonds is 14. The number of ether oxygens (including phenoxy) is 3. The van der Waals surface area contributed by atoms with Crippen molar-refractivity contribution in [2.45, 2.75) is 30.9 Å². The lowest BCUT2D eigenvalue weighted by atomic mass is 9.82.